The van der Waals surface area contributed by atoms with Gasteiger partial charge in [0, 0.05) is 19.6 Å². The fraction of sp³-hybridized carbons (Fsp3) is 0.562. The van der Waals surface area contributed by atoms with Gasteiger partial charge in [-0.05, 0) is 39.0 Å². The number of carbonyl (C=O) groups is 1. The summed E-state index contributed by atoms with van der Waals surface area (Å²) in [6.45, 7) is 9.22. The summed E-state index contributed by atoms with van der Waals surface area (Å²) in [6.07, 6.45) is 0.196. The second-order valence-corrected chi connectivity index (χ2v) is 6.63. The number of carboxylic acids is 1. The first-order valence-electron chi connectivity index (χ1n) is 7.33. The van der Waals surface area contributed by atoms with E-state index in [-0.39, 0.29) is 17.3 Å². The summed E-state index contributed by atoms with van der Waals surface area (Å²) < 4.78 is 11.5. The van der Waals surface area contributed by atoms with Crippen LogP contribution in [0.2, 0.25) is 5.02 Å². The number of halogens is 1. The van der Waals surface area contributed by atoms with Crippen molar-refractivity contribution in [2.75, 3.05) is 26.2 Å². The summed E-state index contributed by atoms with van der Waals surface area (Å²) in [6, 6.07) is 4.49. The molecule has 0 radical (unpaired) electrons. The SMILES string of the molecule is CC1CN(CCOc2ccc(C(=O)O)cc2Cl)CC(C)(C)O1. The van der Waals surface area contributed by atoms with Gasteiger partial charge >= 0.3 is 5.97 Å². The van der Waals surface area contributed by atoms with E-state index < -0.39 is 5.97 Å². The summed E-state index contributed by atoms with van der Waals surface area (Å²) in [7, 11) is 0. The molecule has 1 saturated heterocycles. The Morgan fingerprint density at radius 2 is 2.27 bits per heavy atom. The highest BCUT2D eigenvalue weighted by molar-refractivity contribution is 6.32. The van der Waals surface area contributed by atoms with E-state index >= 15 is 0 Å². The van der Waals surface area contributed by atoms with Crippen molar-refractivity contribution in [1.82, 2.24) is 4.90 Å². The molecular weight excluding hydrogens is 306 g/mol. The first-order valence-corrected chi connectivity index (χ1v) is 7.70. The summed E-state index contributed by atoms with van der Waals surface area (Å²) in [4.78, 5) is 13.2. The molecule has 2 rings (SSSR count). The first-order chi connectivity index (χ1) is 10.3. The van der Waals surface area contributed by atoms with Crippen molar-refractivity contribution in [2.24, 2.45) is 0 Å². The predicted molar refractivity (Wildman–Crippen MR) is 85.0 cm³/mol. The molecule has 122 valence electrons. The van der Waals surface area contributed by atoms with Gasteiger partial charge in [-0.3, -0.25) is 4.90 Å². The minimum atomic E-state index is -1.00. The molecule has 0 saturated carbocycles. The number of nitrogens with zero attached hydrogens (tertiary/aromatic N) is 1. The van der Waals surface area contributed by atoms with Gasteiger partial charge in [-0.1, -0.05) is 11.6 Å². The molecule has 0 amide bonds. The molecule has 0 spiro atoms. The van der Waals surface area contributed by atoms with Gasteiger partial charge < -0.3 is 14.6 Å². The van der Waals surface area contributed by atoms with E-state index in [0.29, 0.717) is 17.4 Å². The summed E-state index contributed by atoms with van der Waals surface area (Å²) in [5.74, 6) is -0.495. The van der Waals surface area contributed by atoms with Crippen LogP contribution in [0.25, 0.3) is 0 Å². The molecule has 0 aromatic heterocycles. The fourth-order valence-electron chi connectivity index (χ4n) is 2.79. The standard InChI is InChI=1S/C16H22ClNO4/c1-11-9-18(10-16(2,3)22-11)6-7-21-14-5-4-12(15(19)20)8-13(14)17/h4-5,8,11H,6-7,9-10H2,1-3H3,(H,19,20). The van der Waals surface area contributed by atoms with Crippen LogP contribution in [0.4, 0.5) is 0 Å². The van der Waals surface area contributed by atoms with Gasteiger partial charge in [0.1, 0.15) is 12.4 Å². The Kier molecular flexibility index (Phi) is 5.32. The monoisotopic (exact) mass is 327 g/mol. The van der Waals surface area contributed by atoms with Crippen LogP contribution in [0.3, 0.4) is 0 Å². The summed E-state index contributed by atoms with van der Waals surface area (Å²) in [5, 5.41) is 9.22. The van der Waals surface area contributed by atoms with Crippen molar-refractivity contribution >= 4 is 17.6 Å². The average molecular weight is 328 g/mol. The molecule has 22 heavy (non-hydrogen) atoms. The van der Waals surface area contributed by atoms with Gasteiger partial charge in [-0.2, -0.15) is 0 Å². The molecule has 1 aromatic rings. The van der Waals surface area contributed by atoms with Crippen LogP contribution >= 0.6 is 11.6 Å². The van der Waals surface area contributed by atoms with Gasteiger partial charge in [0.25, 0.3) is 0 Å². The van der Waals surface area contributed by atoms with Crippen molar-refractivity contribution in [3.63, 3.8) is 0 Å². The molecule has 1 aromatic carbocycles. The van der Waals surface area contributed by atoms with Crippen molar-refractivity contribution < 1.29 is 19.4 Å². The maximum Gasteiger partial charge on any atom is 0.335 e. The normalized spacial score (nSPS) is 21.5. The molecule has 6 heteroatoms. The molecule has 1 aliphatic heterocycles. The highest BCUT2D eigenvalue weighted by Gasteiger charge is 2.30. The maximum atomic E-state index is 10.9. The lowest BCUT2D eigenvalue weighted by Crippen LogP contribution is -2.52. The van der Waals surface area contributed by atoms with E-state index in [1.165, 1.54) is 12.1 Å². The van der Waals surface area contributed by atoms with Crippen LogP contribution in [0, 0.1) is 0 Å². The molecule has 1 atom stereocenters. The number of benzene rings is 1. The van der Waals surface area contributed by atoms with Gasteiger partial charge in [0.15, 0.2) is 0 Å². The van der Waals surface area contributed by atoms with Crippen LogP contribution in [-0.4, -0.2) is 53.9 Å². The lowest BCUT2D eigenvalue weighted by atomic mass is 10.1. The highest BCUT2D eigenvalue weighted by atomic mass is 35.5. The molecule has 5 nitrogen and oxygen atoms in total. The smallest absolute Gasteiger partial charge is 0.335 e. The molecule has 0 aliphatic carbocycles. The van der Waals surface area contributed by atoms with Gasteiger partial charge in [0.2, 0.25) is 0 Å². The number of hydrogen-bond acceptors (Lipinski definition) is 4. The number of hydrogen-bond donors (Lipinski definition) is 1. The Morgan fingerprint density at radius 3 is 2.86 bits per heavy atom. The average Bonchev–Trinajstić information content (AvgIpc) is 2.38. The Morgan fingerprint density at radius 1 is 1.55 bits per heavy atom. The molecule has 1 fully saturated rings. The topological polar surface area (TPSA) is 59.0 Å². The van der Waals surface area contributed by atoms with E-state index in [1.807, 2.05) is 0 Å². The van der Waals surface area contributed by atoms with E-state index in [4.69, 9.17) is 26.2 Å². The zero-order chi connectivity index (χ0) is 16.3. The second-order valence-electron chi connectivity index (χ2n) is 6.22. The third kappa shape index (κ3) is 4.60. The number of morpholine rings is 1. The van der Waals surface area contributed by atoms with Crippen molar-refractivity contribution in [2.45, 2.75) is 32.5 Å². The molecular formula is C16H22ClNO4. The zero-order valence-electron chi connectivity index (χ0n) is 13.1. The summed E-state index contributed by atoms with van der Waals surface area (Å²) >= 11 is 6.04. The largest absolute Gasteiger partial charge is 0.491 e. The zero-order valence-corrected chi connectivity index (χ0v) is 13.9. The Balaban J connectivity index is 1.87. The quantitative estimate of drug-likeness (QED) is 0.901. The molecule has 1 N–H and O–H groups in total. The third-order valence-corrected chi connectivity index (χ3v) is 3.78. The van der Waals surface area contributed by atoms with Crippen LogP contribution in [0.5, 0.6) is 5.75 Å². The predicted octanol–water partition coefficient (Wildman–Crippen LogP) is 2.92. The van der Waals surface area contributed by atoms with Crippen molar-refractivity contribution in [1.29, 1.82) is 0 Å². The minimum Gasteiger partial charge on any atom is -0.491 e. The number of rotatable bonds is 5. The molecule has 1 aliphatic rings. The lowest BCUT2D eigenvalue weighted by molar-refractivity contribution is -0.129. The first kappa shape index (κ1) is 17.1. The second kappa shape index (κ2) is 6.86. The van der Waals surface area contributed by atoms with Crippen LogP contribution in [-0.2, 0) is 4.74 Å². The van der Waals surface area contributed by atoms with Crippen LogP contribution in [0.1, 0.15) is 31.1 Å². The van der Waals surface area contributed by atoms with E-state index in [2.05, 4.69) is 25.7 Å². The molecule has 1 heterocycles. The van der Waals surface area contributed by atoms with Gasteiger partial charge in [-0.25, -0.2) is 4.79 Å². The van der Waals surface area contributed by atoms with Crippen molar-refractivity contribution in [3.8, 4) is 5.75 Å². The van der Waals surface area contributed by atoms with E-state index in [9.17, 15) is 4.79 Å². The molecule has 0 bridgehead atoms. The van der Waals surface area contributed by atoms with Crippen LogP contribution < -0.4 is 4.74 Å². The number of aromatic carboxylic acids is 1. The third-order valence-electron chi connectivity index (χ3n) is 3.48. The number of carboxylic acid groups (broad SMARTS) is 1. The van der Waals surface area contributed by atoms with E-state index in [0.717, 1.165) is 19.6 Å². The highest BCUT2D eigenvalue weighted by Crippen LogP contribution is 2.26. The fourth-order valence-corrected chi connectivity index (χ4v) is 3.03. The maximum absolute atomic E-state index is 10.9. The Labute approximate surface area is 135 Å². The van der Waals surface area contributed by atoms with Gasteiger partial charge in [0.05, 0.1) is 22.3 Å². The minimum absolute atomic E-state index is 0.154. The Hall–Kier alpha value is -1.30. The van der Waals surface area contributed by atoms with Gasteiger partial charge in [-0.15, -0.1) is 0 Å². The van der Waals surface area contributed by atoms with E-state index in [1.54, 1.807) is 6.07 Å². The number of ether oxygens (including phenoxy) is 2. The Bertz CT molecular complexity index is 547. The van der Waals surface area contributed by atoms with Crippen molar-refractivity contribution in [3.05, 3.63) is 28.8 Å². The molecule has 1 unspecified atom stereocenters. The summed E-state index contributed by atoms with van der Waals surface area (Å²) in [5.41, 5.74) is -0.000518. The van der Waals surface area contributed by atoms with Crippen LogP contribution in [0.15, 0.2) is 18.2 Å². The lowest BCUT2D eigenvalue weighted by Gasteiger charge is -2.41.